The van der Waals surface area contributed by atoms with Crippen LogP contribution < -0.4 is 20.3 Å². The number of ether oxygens (including phenoxy) is 1. The third-order valence-corrected chi connectivity index (χ3v) is 3.69. The Morgan fingerprint density at radius 1 is 1.05 bits per heavy atom. The van der Waals surface area contributed by atoms with Gasteiger partial charge in [-0.15, -0.1) is 0 Å². The Morgan fingerprint density at radius 2 is 1.81 bits per heavy atom. The fourth-order valence-electron chi connectivity index (χ4n) is 2.54. The molecule has 1 aliphatic heterocycles. The molecule has 6 nitrogen and oxygen atoms in total. The standard InChI is InChI=1S/C15H19N5O/c1-21-13-3-2-6-17-15(13)20-9-7-19(8-10-20)12-4-5-14(16)18-11-12/h2-6,11H,7-10H2,1H3,(H2,16,18). The number of rotatable bonds is 3. The van der Waals surface area contributed by atoms with E-state index in [2.05, 4.69) is 19.8 Å². The van der Waals surface area contributed by atoms with Crippen LogP contribution in [0.2, 0.25) is 0 Å². The van der Waals surface area contributed by atoms with Gasteiger partial charge in [0.2, 0.25) is 0 Å². The molecule has 2 aromatic rings. The van der Waals surface area contributed by atoms with Crippen molar-refractivity contribution in [2.45, 2.75) is 0 Å². The van der Waals surface area contributed by atoms with Crippen molar-refractivity contribution in [2.24, 2.45) is 0 Å². The summed E-state index contributed by atoms with van der Waals surface area (Å²) in [6.45, 7) is 3.64. The summed E-state index contributed by atoms with van der Waals surface area (Å²) in [6.07, 6.45) is 3.63. The topological polar surface area (TPSA) is 67.5 Å². The lowest BCUT2D eigenvalue weighted by molar-refractivity contribution is 0.411. The number of nitrogens with two attached hydrogens (primary N) is 1. The van der Waals surface area contributed by atoms with Gasteiger partial charge in [-0.2, -0.15) is 0 Å². The van der Waals surface area contributed by atoms with Crippen LogP contribution in [0.5, 0.6) is 5.75 Å². The van der Waals surface area contributed by atoms with Gasteiger partial charge < -0.3 is 20.3 Å². The van der Waals surface area contributed by atoms with E-state index >= 15 is 0 Å². The van der Waals surface area contributed by atoms with Crippen LogP contribution in [0.25, 0.3) is 0 Å². The summed E-state index contributed by atoms with van der Waals surface area (Å²) in [7, 11) is 1.68. The maximum atomic E-state index is 5.63. The molecule has 0 radical (unpaired) electrons. The average molecular weight is 285 g/mol. The van der Waals surface area contributed by atoms with Crippen LogP contribution in [-0.4, -0.2) is 43.3 Å². The van der Waals surface area contributed by atoms with E-state index in [9.17, 15) is 0 Å². The molecule has 0 amide bonds. The minimum atomic E-state index is 0.551. The van der Waals surface area contributed by atoms with Crippen LogP contribution in [0.3, 0.4) is 0 Å². The molecule has 1 saturated heterocycles. The van der Waals surface area contributed by atoms with Gasteiger partial charge >= 0.3 is 0 Å². The van der Waals surface area contributed by atoms with Crippen LogP contribution in [0.1, 0.15) is 0 Å². The van der Waals surface area contributed by atoms with E-state index in [0.29, 0.717) is 5.82 Å². The van der Waals surface area contributed by atoms with E-state index in [1.807, 2.05) is 30.5 Å². The molecule has 0 aromatic carbocycles. The number of aromatic nitrogens is 2. The molecule has 6 heteroatoms. The van der Waals surface area contributed by atoms with Gasteiger partial charge in [-0.05, 0) is 24.3 Å². The Bertz CT molecular complexity index is 593. The van der Waals surface area contributed by atoms with Crippen molar-refractivity contribution in [3.8, 4) is 5.75 Å². The fraction of sp³-hybridized carbons (Fsp3) is 0.333. The van der Waals surface area contributed by atoms with Crippen molar-refractivity contribution >= 4 is 17.3 Å². The zero-order chi connectivity index (χ0) is 14.7. The van der Waals surface area contributed by atoms with Crippen LogP contribution in [0.4, 0.5) is 17.3 Å². The number of hydrogen-bond acceptors (Lipinski definition) is 6. The third-order valence-electron chi connectivity index (χ3n) is 3.69. The van der Waals surface area contributed by atoms with E-state index in [4.69, 9.17) is 10.5 Å². The number of nitrogens with zero attached hydrogens (tertiary/aromatic N) is 4. The maximum Gasteiger partial charge on any atom is 0.171 e. The maximum absolute atomic E-state index is 5.63. The van der Waals surface area contributed by atoms with E-state index in [1.165, 1.54) is 0 Å². The van der Waals surface area contributed by atoms with Gasteiger partial charge in [0.15, 0.2) is 11.6 Å². The van der Waals surface area contributed by atoms with Crippen molar-refractivity contribution < 1.29 is 4.74 Å². The van der Waals surface area contributed by atoms with Crippen molar-refractivity contribution in [1.29, 1.82) is 0 Å². The molecule has 1 fully saturated rings. The lowest BCUT2D eigenvalue weighted by Crippen LogP contribution is -2.47. The van der Waals surface area contributed by atoms with Crippen LogP contribution >= 0.6 is 0 Å². The van der Waals surface area contributed by atoms with Crippen molar-refractivity contribution in [1.82, 2.24) is 9.97 Å². The van der Waals surface area contributed by atoms with Crippen LogP contribution in [0, 0.1) is 0 Å². The Labute approximate surface area is 124 Å². The molecule has 0 atom stereocenters. The van der Waals surface area contributed by atoms with Gasteiger partial charge in [-0.1, -0.05) is 0 Å². The average Bonchev–Trinajstić information content (AvgIpc) is 2.56. The molecule has 0 spiro atoms. The Balaban J connectivity index is 1.69. The first-order valence-corrected chi connectivity index (χ1v) is 6.98. The van der Waals surface area contributed by atoms with E-state index in [1.54, 1.807) is 13.3 Å². The molecule has 3 rings (SSSR count). The second-order valence-corrected chi connectivity index (χ2v) is 4.94. The van der Waals surface area contributed by atoms with Gasteiger partial charge in [-0.3, -0.25) is 0 Å². The quantitative estimate of drug-likeness (QED) is 0.919. The number of nitrogen functional groups attached to an aromatic ring is 1. The molecular formula is C15H19N5O. The largest absolute Gasteiger partial charge is 0.493 e. The van der Waals surface area contributed by atoms with Gasteiger partial charge in [0, 0.05) is 32.4 Å². The number of anilines is 3. The predicted molar refractivity (Wildman–Crippen MR) is 83.9 cm³/mol. The van der Waals surface area contributed by atoms with E-state index in [-0.39, 0.29) is 0 Å². The zero-order valence-electron chi connectivity index (χ0n) is 12.1. The smallest absolute Gasteiger partial charge is 0.171 e. The fourth-order valence-corrected chi connectivity index (χ4v) is 2.54. The predicted octanol–water partition coefficient (Wildman–Crippen LogP) is 1.39. The third kappa shape index (κ3) is 2.84. The summed E-state index contributed by atoms with van der Waals surface area (Å²) in [4.78, 5) is 13.1. The minimum Gasteiger partial charge on any atom is -0.493 e. The number of piperazine rings is 1. The molecule has 21 heavy (non-hydrogen) atoms. The second-order valence-electron chi connectivity index (χ2n) is 4.94. The molecule has 0 aliphatic carbocycles. The molecular weight excluding hydrogens is 266 g/mol. The monoisotopic (exact) mass is 285 g/mol. The Morgan fingerprint density at radius 3 is 2.48 bits per heavy atom. The first-order chi connectivity index (χ1) is 10.3. The highest BCUT2D eigenvalue weighted by molar-refractivity contribution is 5.55. The van der Waals surface area contributed by atoms with Crippen molar-refractivity contribution in [3.63, 3.8) is 0 Å². The first kappa shape index (κ1) is 13.5. The number of methoxy groups -OCH3 is 1. The molecule has 110 valence electrons. The van der Waals surface area contributed by atoms with Crippen molar-refractivity contribution in [3.05, 3.63) is 36.7 Å². The summed E-state index contributed by atoms with van der Waals surface area (Å²) in [5, 5.41) is 0. The lowest BCUT2D eigenvalue weighted by Gasteiger charge is -2.36. The van der Waals surface area contributed by atoms with Crippen LogP contribution in [-0.2, 0) is 0 Å². The van der Waals surface area contributed by atoms with Gasteiger partial charge in [0.25, 0.3) is 0 Å². The number of hydrogen-bond donors (Lipinski definition) is 1. The molecule has 0 unspecified atom stereocenters. The molecule has 2 aromatic heterocycles. The van der Waals surface area contributed by atoms with Gasteiger partial charge in [0.1, 0.15) is 5.82 Å². The van der Waals surface area contributed by atoms with Crippen molar-refractivity contribution in [2.75, 3.05) is 48.8 Å². The van der Waals surface area contributed by atoms with E-state index < -0.39 is 0 Å². The first-order valence-electron chi connectivity index (χ1n) is 6.98. The molecule has 1 aliphatic rings. The van der Waals surface area contributed by atoms with Crippen LogP contribution in [0.15, 0.2) is 36.7 Å². The highest BCUT2D eigenvalue weighted by Gasteiger charge is 2.20. The highest BCUT2D eigenvalue weighted by Crippen LogP contribution is 2.26. The summed E-state index contributed by atoms with van der Waals surface area (Å²) in [5.74, 6) is 2.28. The molecule has 0 bridgehead atoms. The Kier molecular flexibility index (Phi) is 3.77. The minimum absolute atomic E-state index is 0.551. The van der Waals surface area contributed by atoms with Gasteiger partial charge in [0.05, 0.1) is 19.0 Å². The SMILES string of the molecule is COc1cccnc1N1CCN(c2ccc(N)nc2)CC1. The molecule has 0 saturated carbocycles. The van der Waals surface area contributed by atoms with E-state index in [0.717, 1.165) is 43.4 Å². The second kappa shape index (κ2) is 5.87. The lowest BCUT2D eigenvalue weighted by atomic mass is 10.2. The normalized spacial score (nSPS) is 15.1. The molecule has 3 heterocycles. The Hall–Kier alpha value is -2.50. The summed E-state index contributed by atoms with van der Waals surface area (Å²) in [6, 6.07) is 7.68. The van der Waals surface area contributed by atoms with Gasteiger partial charge in [-0.25, -0.2) is 9.97 Å². The summed E-state index contributed by atoms with van der Waals surface area (Å²) in [5.41, 5.74) is 6.73. The summed E-state index contributed by atoms with van der Waals surface area (Å²) >= 11 is 0. The summed E-state index contributed by atoms with van der Waals surface area (Å²) < 4.78 is 5.38. The number of pyridine rings is 2. The molecule has 2 N–H and O–H groups in total. The zero-order valence-corrected chi connectivity index (χ0v) is 12.1. The highest BCUT2D eigenvalue weighted by atomic mass is 16.5.